The number of rotatable bonds is 19. The fourth-order valence-electron chi connectivity index (χ4n) is 4.56. The third kappa shape index (κ3) is 15.2. The summed E-state index contributed by atoms with van der Waals surface area (Å²) in [5.41, 5.74) is 7.84. The van der Waals surface area contributed by atoms with Crippen molar-refractivity contribution in [2.45, 2.75) is 136 Å². The monoisotopic (exact) mass is 406 g/mol. The predicted octanol–water partition coefficient (Wildman–Crippen LogP) is 7.86. The van der Waals surface area contributed by atoms with Gasteiger partial charge in [0.2, 0.25) is 0 Å². The first-order valence-electron chi connectivity index (χ1n) is 13.3. The minimum Gasteiger partial charge on any atom is -0.324 e. The van der Waals surface area contributed by atoms with E-state index < -0.39 is 0 Å². The van der Waals surface area contributed by atoms with Crippen molar-refractivity contribution >= 4 is 0 Å². The zero-order valence-electron chi connectivity index (χ0n) is 20.4. The van der Waals surface area contributed by atoms with Gasteiger partial charge in [-0.2, -0.15) is 0 Å². The zero-order valence-corrected chi connectivity index (χ0v) is 20.4. The molecule has 1 rings (SSSR count). The Balaban J connectivity index is 1.93. The molecule has 1 heterocycles. The fraction of sp³-hybridized carbons (Fsp3) is 0.926. The molecule has 0 aliphatic carbocycles. The summed E-state index contributed by atoms with van der Waals surface area (Å²) in [4.78, 5) is 2.64. The maximum absolute atomic E-state index is 6.42. The number of nitrogens with zero attached hydrogens (tertiary/aromatic N) is 1. The fourth-order valence-corrected chi connectivity index (χ4v) is 4.56. The van der Waals surface area contributed by atoms with Crippen LogP contribution in [0, 0.1) is 5.92 Å². The van der Waals surface area contributed by atoms with E-state index in [1.54, 1.807) is 0 Å². The maximum Gasteiger partial charge on any atom is 0.0250 e. The molecular formula is C27H54N2. The van der Waals surface area contributed by atoms with Gasteiger partial charge in [0.05, 0.1) is 0 Å². The van der Waals surface area contributed by atoms with Gasteiger partial charge in [-0.1, -0.05) is 96.1 Å². The molecule has 1 aliphatic heterocycles. The Labute approximate surface area is 184 Å². The second kappa shape index (κ2) is 18.4. The van der Waals surface area contributed by atoms with Crippen LogP contribution >= 0.6 is 0 Å². The van der Waals surface area contributed by atoms with Gasteiger partial charge < -0.3 is 10.6 Å². The molecule has 0 radical (unpaired) electrons. The Morgan fingerprint density at radius 3 is 1.97 bits per heavy atom. The van der Waals surface area contributed by atoms with Crippen molar-refractivity contribution in [2.24, 2.45) is 11.7 Å². The number of likely N-dealkylation sites (tertiary alicyclic amines) is 1. The normalized spacial score (nSPS) is 17.7. The summed E-state index contributed by atoms with van der Waals surface area (Å²) in [6.45, 7) is 10.9. The van der Waals surface area contributed by atoms with Gasteiger partial charge in [-0.15, -0.1) is 0 Å². The van der Waals surface area contributed by atoms with E-state index in [1.165, 1.54) is 134 Å². The Kier molecular flexibility index (Phi) is 17.0. The third-order valence-electron chi connectivity index (χ3n) is 6.97. The molecule has 2 unspecified atom stereocenters. The van der Waals surface area contributed by atoms with Crippen LogP contribution in [0.1, 0.15) is 130 Å². The number of hydrogen-bond acceptors (Lipinski definition) is 2. The van der Waals surface area contributed by atoms with Crippen LogP contribution in [0.2, 0.25) is 0 Å². The van der Waals surface area contributed by atoms with Crippen LogP contribution in [0.5, 0.6) is 0 Å². The molecule has 0 bridgehead atoms. The van der Waals surface area contributed by atoms with Crippen molar-refractivity contribution in [2.75, 3.05) is 19.6 Å². The first kappa shape index (κ1) is 26.7. The highest BCUT2D eigenvalue weighted by atomic mass is 15.1. The zero-order chi connectivity index (χ0) is 21.2. The molecule has 2 nitrogen and oxygen atoms in total. The standard InChI is InChI=1S/C27H54N2/c1-4-5-6-7-8-9-10-11-12-13-14-20-27(28)26(3)19-17-18-25(2)21-24-29-22-15-16-23-29/h19,25,27H,4-18,20-24,28H2,1-3H3/b26-19+. The van der Waals surface area contributed by atoms with Gasteiger partial charge in [0.1, 0.15) is 0 Å². The third-order valence-corrected chi connectivity index (χ3v) is 6.97. The van der Waals surface area contributed by atoms with Crippen LogP contribution in [0.25, 0.3) is 0 Å². The van der Waals surface area contributed by atoms with Crippen LogP contribution in [-0.4, -0.2) is 30.6 Å². The average Bonchev–Trinajstić information content (AvgIpc) is 3.24. The van der Waals surface area contributed by atoms with Crippen molar-refractivity contribution in [1.29, 1.82) is 0 Å². The number of hydrogen-bond donors (Lipinski definition) is 1. The van der Waals surface area contributed by atoms with Crippen LogP contribution in [-0.2, 0) is 0 Å². The first-order chi connectivity index (χ1) is 14.1. The second-order valence-electron chi connectivity index (χ2n) is 9.90. The van der Waals surface area contributed by atoms with Gasteiger partial charge >= 0.3 is 0 Å². The van der Waals surface area contributed by atoms with E-state index in [0.717, 1.165) is 5.92 Å². The van der Waals surface area contributed by atoms with Gasteiger partial charge in [0.15, 0.2) is 0 Å². The second-order valence-corrected chi connectivity index (χ2v) is 9.90. The molecular weight excluding hydrogens is 352 g/mol. The summed E-state index contributed by atoms with van der Waals surface area (Å²) in [6.07, 6.45) is 25.8. The van der Waals surface area contributed by atoms with E-state index >= 15 is 0 Å². The Morgan fingerprint density at radius 1 is 0.828 bits per heavy atom. The van der Waals surface area contributed by atoms with Gasteiger partial charge in [-0.05, 0) is 71.0 Å². The molecule has 29 heavy (non-hydrogen) atoms. The molecule has 1 aliphatic rings. The molecule has 0 amide bonds. The maximum atomic E-state index is 6.42. The van der Waals surface area contributed by atoms with E-state index in [1.807, 2.05) is 0 Å². The Bertz CT molecular complexity index is 384. The van der Waals surface area contributed by atoms with E-state index in [0.29, 0.717) is 0 Å². The van der Waals surface area contributed by atoms with Gasteiger partial charge in [0, 0.05) is 6.04 Å². The van der Waals surface area contributed by atoms with E-state index in [9.17, 15) is 0 Å². The number of unbranched alkanes of at least 4 members (excludes halogenated alkanes) is 10. The largest absolute Gasteiger partial charge is 0.324 e. The molecule has 172 valence electrons. The lowest BCUT2D eigenvalue weighted by Gasteiger charge is -2.18. The van der Waals surface area contributed by atoms with E-state index in [2.05, 4.69) is 31.7 Å². The summed E-state index contributed by atoms with van der Waals surface area (Å²) < 4.78 is 0. The molecule has 0 spiro atoms. The Morgan fingerprint density at radius 2 is 1.38 bits per heavy atom. The van der Waals surface area contributed by atoms with Gasteiger partial charge in [0.25, 0.3) is 0 Å². The molecule has 2 heteroatoms. The van der Waals surface area contributed by atoms with Crippen LogP contribution in [0.15, 0.2) is 11.6 Å². The molecule has 2 N–H and O–H groups in total. The highest BCUT2D eigenvalue weighted by molar-refractivity contribution is 5.06. The minimum absolute atomic E-state index is 0.286. The summed E-state index contributed by atoms with van der Waals surface area (Å²) in [5, 5.41) is 0. The van der Waals surface area contributed by atoms with Gasteiger partial charge in [-0.25, -0.2) is 0 Å². The Hall–Kier alpha value is -0.340. The smallest absolute Gasteiger partial charge is 0.0250 e. The van der Waals surface area contributed by atoms with Crippen LogP contribution < -0.4 is 5.73 Å². The highest BCUT2D eigenvalue weighted by Crippen LogP contribution is 2.17. The molecule has 1 saturated heterocycles. The van der Waals surface area contributed by atoms with Crippen molar-refractivity contribution in [3.05, 3.63) is 11.6 Å². The molecule has 0 aromatic heterocycles. The van der Waals surface area contributed by atoms with E-state index in [-0.39, 0.29) is 6.04 Å². The van der Waals surface area contributed by atoms with Crippen LogP contribution in [0.4, 0.5) is 0 Å². The lowest BCUT2D eigenvalue weighted by atomic mass is 9.97. The summed E-state index contributed by atoms with van der Waals surface area (Å²) in [7, 11) is 0. The van der Waals surface area contributed by atoms with Crippen molar-refractivity contribution in [1.82, 2.24) is 4.90 Å². The molecule has 1 fully saturated rings. The van der Waals surface area contributed by atoms with Crippen molar-refractivity contribution < 1.29 is 0 Å². The average molecular weight is 407 g/mol. The predicted molar refractivity (Wildman–Crippen MR) is 131 cm³/mol. The minimum atomic E-state index is 0.286. The van der Waals surface area contributed by atoms with Gasteiger partial charge in [-0.3, -0.25) is 0 Å². The summed E-state index contributed by atoms with van der Waals surface area (Å²) in [5.74, 6) is 0.836. The number of allylic oxidation sites excluding steroid dienone is 1. The molecule has 2 atom stereocenters. The first-order valence-corrected chi connectivity index (χ1v) is 13.3. The summed E-state index contributed by atoms with van der Waals surface area (Å²) >= 11 is 0. The molecule has 0 saturated carbocycles. The van der Waals surface area contributed by atoms with Crippen LogP contribution in [0.3, 0.4) is 0 Å². The SMILES string of the molecule is CCCCCCCCCCCCCC(N)/C(C)=C/CCC(C)CCN1CCCC1. The molecule has 0 aromatic rings. The summed E-state index contributed by atoms with van der Waals surface area (Å²) in [6, 6.07) is 0.286. The molecule has 0 aromatic carbocycles. The lowest BCUT2D eigenvalue weighted by Crippen LogP contribution is -2.22. The lowest BCUT2D eigenvalue weighted by molar-refractivity contribution is 0.303. The van der Waals surface area contributed by atoms with Crippen molar-refractivity contribution in [3.8, 4) is 0 Å². The number of nitrogens with two attached hydrogens (primary N) is 1. The highest BCUT2D eigenvalue weighted by Gasteiger charge is 2.12. The topological polar surface area (TPSA) is 29.3 Å². The quantitative estimate of drug-likeness (QED) is 0.175. The van der Waals surface area contributed by atoms with E-state index in [4.69, 9.17) is 5.73 Å². The van der Waals surface area contributed by atoms with Crippen molar-refractivity contribution in [3.63, 3.8) is 0 Å².